The van der Waals surface area contributed by atoms with E-state index in [9.17, 15) is 10.2 Å². The maximum absolute atomic E-state index is 10.6. The highest BCUT2D eigenvalue weighted by molar-refractivity contribution is 5.26. The molecule has 0 aromatic rings. The Morgan fingerprint density at radius 3 is 2.60 bits per heavy atom. The van der Waals surface area contributed by atoms with Crippen LogP contribution in [0.3, 0.4) is 0 Å². The lowest BCUT2D eigenvalue weighted by Gasteiger charge is -2.59. The van der Waals surface area contributed by atoms with Crippen LogP contribution < -0.4 is 0 Å². The predicted octanol–water partition coefficient (Wildman–Crippen LogP) is 6.53. The molecule has 0 radical (unpaired) electrons. The monoisotopic (exact) mass is 414 g/mol. The molecule has 4 aliphatic rings. The number of hydrogen-bond donors (Lipinski definition) is 2. The van der Waals surface area contributed by atoms with E-state index in [4.69, 9.17) is 0 Å². The van der Waals surface area contributed by atoms with Gasteiger partial charge in [-0.3, -0.25) is 0 Å². The average Bonchev–Trinajstić information content (AvgIpc) is 3.08. The Hall–Kier alpha value is -0.600. The van der Waals surface area contributed by atoms with Crippen LogP contribution in [0.15, 0.2) is 23.8 Å². The Labute approximate surface area is 185 Å². The summed E-state index contributed by atoms with van der Waals surface area (Å²) in [4.78, 5) is 0. The fraction of sp³-hybridized carbons (Fsp3) is 0.857. The summed E-state index contributed by atoms with van der Waals surface area (Å²) < 4.78 is 0. The van der Waals surface area contributed by atoms with Crippen LogP contribution in [0.4, 0.5) is 0 Å². The summed E-state index contributed by atoms with van der Waals surface area (Å²) in [5.74, 6) is 4.39. The van der Waals surface area contributed by atoms with Crippen LogP contribution in [0.5, 0.6) is 0 Å². The van der Waals surface area contributed by atoms with E-state index in [0.717, 1.165) is 42.9 Å². The van der Waals surface area contributed by atoms with Crippen LogP contribution in [-0.4, -0.2) is 22.9 Å². The van der Waals surface area contributed by atoms with Gasteiger partial charge in [0.15, 0.2) is 0 Å². The number of aliphatic hydroxyl groups is 2. The lowest BCUT2D eigenvalue weighted by atomic mass is 9.46. The van der Waals surface area contributed by atoms with Crippen LogP contribution >= 0.6 is 0 Å². The Bertz CT molecular complexity index is 678. The highest BCUT2D eigenvalue weighted by Crippen LogP contribution is 2.67. The van der Waals surface area contributed by atoms with E-state index in [1.165, 1.54) is 56.1 Å². The summed E-state index contributed by atoms with van der Waals surface area (Å²) in [5, 5.41) is 20.8. The molecule has 3 unspecified atom stereocenters. The first-order chi connectivity index (χ1) is 14.2. The molecule has 0 spiro atoms. The van der Waals surface area contributed by atoms with Gasteiger partial charge in [-0.15, -0.1) is 0 Å². The average molecular weight is 415 g/mol. The molecular weight excluding hydrogens is 368 g/mol. The van der Waals surface area contributed by atoms with Crippen LogP contribution in [-0.2, 0) is 0 Å². The molecule has 30 heavy (non-hydrogen) atoms. The van der Waals surface area contributed by atoms with E-state index < -0.39 is 0 Å². The summed E-state index contributed by atoms with van der Waals surface area (Å²) in [6.45, 7) is 14.3. The second-order valence-corrected chi connectivity index (χ2v) is 12.1. The number of aliphatic hydroxyl groups excluding tert-OH is 2. The van der Waals surface area contributed by atoms with Gasteiger partial charge in [0.1, 0.15) is 0 Å². The number of fused-ring (bicyclic) bond motifs is 5. The van der Waals surface area contributed by atoms with Gasteiger partial charge in [0.25, 0.3) is 0 Å². The zero-order valence-electron chi connectivity index (χ0n) is 20.0. The summed E-state index contributed by atoms with van der Waals surface area (Å²) >= 11 is 0. The molecule has 0 saturated heterocycles. The lowest BCUT2D eigenvalue weighted by Crippen LogP contribution is -2.53. The lowest BCUT2D eigenvalue weighted by molar-refractivity contribution is -0.0794. The van der Waals surface area contributed by atoms with Crippen molar-refractivity contribution in [2.75, 3.05) is 6.61 Å². The topological polar surface area (TPSA) is 40.5 Å². The molecule has 2 nitrogen and oxygen atoms in total. The normalized spacial score (nSPS) is 44.1. The Morgan fingerprint density at radius 1 is 1.13 bits per heavy atom. The van der Waals surface area contributed by atoms with Crippen molar-refractivity contribution in [1.29, 1.82) is 0 Å². The first kappa shape index (κ1) is 22.6. The molecule has 2 heteroatoms. The summed E-state index contributed by atoms with van der Waals surface area (Å²) in [6.07, 6.45) is 13.9. The molecule has 170 valence electrons. The fourth-order valence-corrected chi connectivity index (χ4v) is 8.61. The van der Waals surface area contributed by atoms with Crippen molar-refractivity contribution in [3.8, 4) is 0 Å². The third kappa shape index (κ3) is 3.54. The third-order valence-corrected chi connectivity index (χ3v) is 10.6. The third-order valence-electron chi connectivity index (χ3n) is 10.6. The largest absolute Gasteiger partial charge is 0.395 e. The van der Waals surface area contributed by atoms with Crippen LogP contribution in [0.2, 0.25) is 0 Å². The molecule has 2 N–H and O–H groups in total. The van der Waals surface area contributed by atoms with E-state index in [0.29, 0.717) is 17.3 Å². The minimum absolute atomic E-state index is 0.0256. The number of allylic oxidation sites excluding steroid dienone is 2. The Morgan fingerprint density at radius 2 is 1.90 bits per heavy atom. The standard InChI is InChI=1S/C28H46O2/c1-18(2)19(3)6-7-20(4)24-10-11-25-23-9-8-21-16-22(30)12-15-28(21,17-29)26(23)13-14-27(24,25)5/h8,18,20,22-26,29-30H,3,6-7,9-17H2,1-2,4-5H3/t20-,22+,23?,24-,25?,26?,27-,28-/m1/s1. The van der Waals surface area contributed by atoms with Crippen LogP contribution in [0.25, 0.3) is 0 Å². The van der Waals surface area contributed by atoms with Crippen molar-refractivity contribution >= 4 is 0 Å². The van der Waals surface area contributed by atoms with Crippen molar-refractivity contribution in [3.05, 3.63) is 23.8 Å². The second kappa shape index (κ2) is 8.39. The van der Waals surface area contributed by atoms with Gasteiger partial charge in [-0.05, 0) is 105 Å². The van der Waals surface area contributed by atoms with Crippen LogP contribution in [0.1, 0.15) is 91.9 Å². The Balaban J connectivity index is 1.52. The molecule has 0 heterocycles. The molecule has 0 bridgehead atoms. The van der Waals surface area contributed by atoms with Gasteiger partial charge in [0.2, 0.25) is 0 Å². The quantitative estimate of drug-likeness (QED) is 0.485. The minimum Gasteiger partial charge on any atom is -0.395 e. The van der Waals surface area contributed by atoms with Gasteiger partial charge < -0.3 is 10.2 Å². The van der Waals surface area contributed by atoms with Crippen molar-refractivity contribution in [2.45, 2.75) is 98.0 Å². The SMILES string of the molecule is C=C(CC[C@@H](C)[C@H]1CCC2C3CC=C4C[C@@H](O)CC[C@]4(CO)C3CC[C@@]21C)C(C)C. The van der Waals surface area contributed by atoms with Gasteiger partial charge in [-0.2, -0.15) is 0 Å². The molecule has 0 aromatic heterocycles. The molecule has 0 aromatic carbocycles. The fourth-order valence-electron chi connectivity index (χ4n) is 8.61. The maximum Gasteiger partial charge on any atom is 0.0577 e. The van der Waals surface area contributed by atoms with Gasteiger partial charge in [-0.25, -0.2) is 0 Å². The van der Waals surface area contributed by atoms with Gasteiger partial charge in [-0.1, -0.05) is 51.5 Å². The highest BCUT2D eigenvalue weighted by atomic mass is 16.3. The molecule has 0 amide bonds. The molecule has 4 rings (SSSR count). The van der Waals surface area contributed by atoms with E-state index in [1.807, 2.05) is 0 Å². The van der Waals surface area contributed by atoms with Crippen molar-refractivity contribution in [1.82, 2.24) is 0 Å². The summed E-state index contributed by atoms with van der Waals surface area (Å²) in [5.41, 5.74) is 3.25. The summed E-state index contributed by atoms with van der Waals surface area (Å²) in [6, 6.07) is 0. The zero-order valence-corrected chi connectivity index (χ0v) is 20.0. The molecule has 4 aliphatic carbocycles. The van der Waals surface area contributed by atoms with Crippen molar-refractivity contribution in [3.63, 3.8) is 0 Å². The minimum atomic E-state index is -0.196. The van der Waals surface area contributed by atoms with Gasteiger partial charge in [0.05, 0.1) is 12.7 Å². The van der Waals surface area contributed by atoms with Gasteiger partial charge >= 0.3 is 0 Å². The van der Waals surface area contributed by atoms with Gasteiger partial charge in [0, 0.05) is 5.41 Å². The van der Waals surface area contributed by atoms with E-state index in [2.05, 4.69) is 40.3 Å². The second-order valence-electron chi connectivity index (χ2n) is 12.1. The number of rotatable bonds is 6. The predicted molar refractivity (Wildman–Crippen MR) is 125 cm³/mol. The first-order valence-corrected chi connectivity index (χ1v) is 12.9. The maximum atomic E-state index is 10.6. The summed E-state index contributed by atoms with van der Waals surface area (Å²) in [7, 11) is 0. The van der Waals surface area contributed by atoms with E-state index in [1.54, 1.807) is 0 Å². The Kier molecular flexibility index (Phi) is 6.32. The van der Waals surface area contributed by atoms with E-state index >= 15 is 0 Å². The van der Waals surface area contributed by atoms with Crippen LogP contribution in [0, 0.1) is 46.3 Å². The smallest absolute Gasteiger partial charge is 0.0577 e. The molecular formula is C28H46O2. The van der Waals surface area contributed by atoms with Crippen molar-refractivity contribution < 1.29 is 10.2 Å². The zero-order chi connectivity index (χ0) is 21.7. The molecule has 8 atom stereocenters. The van der Waals surface area contributed by atoms with E-state index in [-0.39, 0.29) is 18.1 Å². The molecule has 3 saturated carbocycles. The number of hydrogen-bond acceptors (Lipinski definition) is 2. The molecule has 3 fully saturated rings. The molecule has 0 aliphatic heterocycles. The van der Waals surface area contributed by atoms with Crippen molar-refractivity contribution in [2.24, 2.45) is 46.3 Å². The first-order valence-electron chi connectivity index (χ1n) is 12.9. The highest BCUT2D eigenvalue weighted by Gasteiger charge is 2.60.